The van der Waals surface area contributed by atoms with Crippen molar-refractivity contribution in [3.8, 4) is 0 Å². The van der Waals surface area contributed by atoms with Crippen LogP contribution in [0.2, 0.25) is 0 Å². The van der Waals surface area contributed by atoms with Crippen molar-refractivity contribution < 1.29 is 4.79 Å². The number of nitrogen functional groups attached to an aromatic ring is 1. The van der Waals surface area contributed by atoms with Crippen LogP contribution in [0.4, 0.5) is 11.4 Å². The van der Waals surface area contributed by atoms with Gasteiger partial charge in [-0.3, -0.25) is 4.79 Å². The van der Waals surface area contributed by atoms with Crippen LogP contribution in [0.25, 0.3) is 0 Å². The van der Waals surface area contributed by atoms with Crippen LogP contribution in [0.15, 0.2) is 21.1 Å². The third kappa shape index (κ3) is 2.72. The van der Waals surface area contributed by atoms with Gasteiger partial charge in [0.15, 0.2) is 0 Å². The van der Waals surface area contributed by atoms with E-state index in [1.807, 2.05) is 6.92 Å². The highest BCUT2D eigenvalue weighted by atomic mass is 79.9. The smallest absolute Gasteiger partial charge is 0.230 e. The largest absolute Gasteiger partial charge is 0.399 e. The predicted octanol–water partition coefficient (Wildman–Crippen LogP) is 4.31. The van der Waals surface area contributed by atoms with E-state index in [-0.39, 0.29) is 11.3 Å². The van der Waals surface area contributed by atoms with Gasteiger partial charge < -0.3 is 11.1 Å². The first kappa shape index (κ1) is 13.9. The van der Waals surface area contributed by atoms with Gasteiger partial charge in [0.05, 0.1) is 5.69 Å². The number of halogens is 2. The SMILES string of the molecule is CC1(C(=O)Nc2c(Br)cc(N)cc2Br)CCCC1. The molecule has 0 aliphatic heterocycles. The fourth-order valence-electron chi connectivity index (χ4n) is 2.36. The summed E-state index contributed by atoms with van der Waals surface area (Å²) in [5.74, 6) is 0.0890. The van der Waals surface area contributed by atoms with Gasteiger partial charge in [-0.05, 0) is 56.8 Å². The molecule has 1 fully saturated rings. The molecular formula is C13H16Br2N2O. The maximum absolute atomic E-state index is 12.3. The number of rotatable bonds is 2. The second-order valence-corrected chi connectivity index (χ2v) is 6.79. The summed E-state index contributed by atoms with van der Waals surface area (Å²) in [5.41, 5.74) is 6.90. The van der Waals surface area contributed by atoms with Gasteiger partial charge in [-0.15, -0.1) is 0 Å². The Morgan fingerprint density at radius 1 is 1.28 bits per heavy atom. The standard InChI is InChI=1S/C13H16Br2N2O/c1-13(4-2-3-5-13)12(18)17-11-9(14)6-8(16)7-10(11)15/h6-7H,2-5,16H2,1H3,(H,17,18). The highest BCUT2D eigenvalue weighted by molar-refractivity contribution is 9.11. The third-order valence-electron chi connectivity index (χ3n) is 3.56. The molecule has 0 saturated heterocycles. The Morgan fingerprint density at radius 3 is 2.28 bits per heavy atom. The minimum Gasteiger partial charge on any atom is -0.399 e. The van der Waals surface area contributed by atoms with E-state index in [4.69, 9.17) is 5.73 Å². The molecule has 3 N–H and O–H groups in total. The number of nitrogens with one attached hydrogen (secondary N) is 1. The molecule has 0 radical (unpaired) electrons. The zero-order valence-corrected chi connectivity index (χ0v) is 13.4. The molecule has 1 saturated carbocycles. The Labute approximate surface area is 124 Å². The lowest BCUT2D eigenvalue weighted by Gasteiger charge is -2.23. The third-order valence-corrected chi connectivity index (χ3v) is 4.81. The predicted molar refractivity (Wildman–Crippen MR) is 81.5 cm³/mol. The molecule has 0 spiro atoms. The molecule has 0 heterocycles. The lowest BCUT2D eigenvalue weighted by atomic mass is 9.88. The van der Waals surface area contributed by atoms with Gasteiger partial charge in [0.25, 0.3) is 0 Å². The van der Waals surface area contributed by atoms with Crippen LogP contribution in [-0.2, 0) is 4.79 Å². The Morgan fingerprint density at radius 2 is 1.78 bits per heavy atom. The average molecular weight is 376 g/mol. The molecule has 0 bridgehead atoms. The lowest BCUT2D eigenvalue weighted by molar-refractivity contribution is -0.124. The summed E-state index contributed by atoms with van der Waals surface area (Å²) >= 11 is 6.86. The number of amides is 1. The van der Waals surface area contributed by atoms with E-state index in [9.17, 15) is 4.79 Å². The van der Waals surface area contributed by atoms with Crippen LogP contribution in [0.1, 0.15) is 32.6 Å². The molecule has 1 amide bonds. The maximum atomic E-state index is 12.3. The van der Waals surface area contributed by atoms with Gasteiger partial charge in [0.2, 0.25) is 5.91 Å². The van der Waals surface area contributed by atoms with Crippen LogP contribution in [0.3, 0.4) is 0 Å². The van der Waals surface area contributed by atoms with Gasteiger partial charge in [-0.25, -0.2) is 0 Å². The molecular weight excluding hydrogens is 360 g/mol. The first-order valence-corrected chi connectivity index (χ1v) is 7.57. The van der Waals surface area contributed by atoms with E-state index < -0.39 is 0 Å². The Kier molecular flexibility index (Phi) is 4.02. The van der Waals surface area contributed by atoms with Crippen molar-refractivity contribution in [2.75, 3.05) is 11.1 Å². The second kappa shape index (κ2) is 5.21. The van der Waals surface area contributed by atoms with Crippen molar-refractivity contribution >= 4 is 49.1 Å². The van der Waals surface area contributed by atoms with E-state index in [1.165, 1.54) is 0 Å². The van der Waals surface area contributed by atoms with Crippen molar-refractivity contribution in [3.05, 3.63) is 21.1 Å². The van der Waals surface area contributed by atoms with Gasteiger partial charge in [0, 0.05) is 20.0 Å². The fraction of sp³-hybridized carbons (Fsp3) is 0.462. The Bertz CT molecular complexity index is 459. The lowest BCUT2D eigenvalue weighted by Crippen LogP contribution is -2.31. The van der Waals surface area contributed by atoms with Crippen molar-refractivity contribution in [3.63, 3.8) is 0 Å². The maximum Gasteiger partial charge on any atom is 0.230 e. The van der Waals surface area contributed by atoms with Gasteiger partial charge >= 0.3 is 0 Å². The van der Waals surface area contributed by atoms with Gasteiger partial charge in [0.1, 0.15) is 0 Å². The second-order valence-electron chi connectivity index (χ2n) is 5.08. The molecule has 3 nitrogen and oxygen atoms in total. The number of carbonyl (C=O) groups is 1. The minimum atomic E-state index is -0.236. The molecule has 5 heteroatoms. The first-order valence-electron chi connectivity index (χ1n) is 5.98. The van der Waals surface area contributed by atoms with Crippen molar-refractivity contribution in [1.82, 2.24) is 0 Å². The molecule has 1 aromatic rings. The minimum absolute atomic E-state index is 0.0890. The fourth-order valence-corrected chi connectivity index (χ4v) is 3.78. The zero-order chi connectivity index (χ0) is 13.3. The van der Waals surface area contributed by atoms with Gasteiger partial charge in [-0.2, -0.15) is 0 Å². The molecule has 1 aliphatic rings. The number of benzene rings is 1. The molecule has 1 aliphatic carbocycles. The van der Waals surface area contributed by atoms with Crippen LogP contribution < -0.4 is 11.1 Å². The summed E-state index contributed by atoms with van der Waals surface area (Å²) in [4.78, 5) is 12.3. The molecule has 0 aromatic heterocycles. The first-order chi connectivity index (χ1) is 8.42. The molecule has 1 aromatic carbocycles. The summed E-state index contributed by atoms with van der Waals surface area (Å²) in [7, 11) is 0. The van der Waals surface area contributed by atoms with Crippen molar-refractivity contribution in [2.45, 2.75) is 32.6 Å². The van der Waals surface area contributed by atoms with Gasteiger partial charge in [-0.1, -0.05) is 19.8 Å². The number of hydrogen-bond acceptors (Lipinski definition) is 2. The molecule has 0 unspecified atom stereocenters. The van der Waals surface area contributed by atoms with Crippen LogP contribution in [0, 0.1) is 5.41 Å². The van der Waals surface area contributed by atoms with E-state index in [2.05, 4.69) is 37.2 Å². The van der Waals surface area contributed by atoms with Crippen molar-refractivity contribution in [1.29, 1.82) is 0 Å². The van der Waals surface area contributed by atoms with E-state index >= 15 is 0 Å². The van der Waals surface area contributed by atoms with Crippen LogP contribution in [-0.4, -0.2) is 5.91 Å². The van der Waals surface area contributed by atoms with Crippen LogP contribution in [0.5, 0.6) is 0 Å². The Hall–Kier alpha value is -0.550. The van der Waals surface area contributed by atoms with Crippen LogP contribution >= 0.6 is 31.9 Å². The summed E-state index contributed by atoms with van der Waals surface area (Å²) in [6.07, 6.45) is 4.19. The summed E-state index contributed by atoms with van der Waals surface area (Å²) in [5, 5.41) is 3.00. The van der Waals surface area contributed by atoms with E-state index in [0.29, 0.717) is 5.69 Å². The summed E-state index contributed by atoms with van der Waals surface area (Å²) in [6.45, 7) is 2.04. The average Bonchev–Trinajstić information content (AvgIpc) is 2.71. The zero-order valence-electron chi connectivity index (χ0n) is 10.2. The number of carbonyl (C=O) groups excluding carboxylic acids is 1. The number of anilines is 2. The highest BCUT2D eigenvalue weighted by Gasteiger charge is 2.36. The normalized spacial score (nSPS) is 17.7. The molecule has 18 heavy (non-hydrogen) atoms. The molecule has 0 atom stereocenters. The van der Waals surface area contributed by atoms with E-state index in [0.717, 1.165) is 40.3 Å². The molecule has 2 rings (SSSR count). The monoisotopic (exact) mass is 374 g/mol. The van der Waals surface area contributed by atoms with Crippen molar-refractivity contribution in [2.24, 2.45) is 5.41 Å². The van der Waals surface area contributed by atoms with E-state index in [1.54, 1.807) is 12.1 Å². The summed E-state index contributed by atoms with van der Waals surface area (Å²) in [6, 6.07) is 3.58. The summed E-state index contributed by atoms with van der Waals surface area (Å²) < 4.78 is 1.59. The number of nitrogens with two attached hydrogens (primary N) is 1. The Balaban J connectivity index is 2.22. The topological polar surface area (TPSA) is 55.1 Å². The highest BCUT2D eigenvalue weighted by Crippen LogP contribution is 2.40. The quantitative estimate of drug-likeness (QED) is 0.756. The molecule has 98 valence electrons. The number of hydrogen-bond donors (Lipinski definition) is 2.